The van der Waals surface area contributed by atoms with E-state index in [2.05, 4.69) is 25.9 Å². The van der Waals surface area contributed by atoms with Crippen LogP contribution in [-0.4, -0.2) is 39.0 Å². The Morgan fingerprint density at radius 1 is 1.50 bits per heavy atom. The third-order valence-corrected chi connectivity index (χ3v) is 3.24. The fraction of sp³-hybridized carbons (Fsp3) is 0.417. The lowest BCUT2D eigenvalue weighted by Crippen LogP contribution is -2.32. The Labute approximate surface area is 122 Å². The van der Waals surface area contributed by atoms with Gasteiger partial charge in [-0.05, 0) is 25.5 Å². The van der Waals surface area contributed by atoms with Crippen LogP contribution < -0.4 is 10.6 Å². The molecule has 0 radical (unpaired) electrons. The Morgan fingerprint density at radius 3 is 3.10 bits per heavy atom. The summed E-state index contributed by atoms with van der Waals surface area (Å²) in [6.45, 7) is 1.97. The molecule has 108 valence electrons. The van der Waals surface area contributed by atoms with E-state index in [-0.39, 0.29) is 18.3 Å². The van der Waals surface area contributed by atoms with Gasteiger partial charge in [0.15, 0.2) is 5.69 Å². The molecule has 0 aliphatic carbocycles. The molecule has 2 aromatic heterocycles. The van der Waals surface area contributed by atoms with Crippen molar-refractivity contribution in [3.8, 4) is 0 Å². The number of H-pyrrole nitrogens is 1. The first-order valence-corrected chi connectivity index (χ1v) is 6.39. The van der Waals surface area contributed by atoms with E-state index in [9.17, 15) is 4.79 Å². The number of hydrogen-bond donors (Lipinski definition) is 3. The first-order valence-electron chi connectivity index (χ1n) is 6.39. The first-order chi connectivity index (χ1) is 9.33. The van der Waals surface area contributed by atoms with Crippen molar-refractivity contribution < 1.29 is 4.79 Å². The van der Waals surface area contributed by atoms with Crippen molar-refractivity contribution in [1.29, 1.82) is 0 Å². The number of rotatable bonds is 3. The number of carbonyl (C=O) groups excluding carboxylic acids is 1. The summed E-state index contributed by atoms with van der Waals surface area (Å²) >= 11 is 0. The van der Waals surface area contributed by atoms with Crippen molar-refractivity contribution >= 4 is 24.0 Å². The summed E-state index contributed by atoms with van der Waals surface area (Å²) in [7, 11) is 0. The molecule has 1 unspecified atom stereocenters. The summed E-state index contributed by atoms with van der Waals surface area (Å²) in [5.74, 6) is -0.219. The third-order valence-electron chi connectivity index (χ3n) is 3.24. The maximum Gasteiger partial charge on any atom is 0.276 e. The van der Waals surface area contributed by atoms with E-state index in [4.69, 9.17) is 0 Å². The van der Waals surface area contributed by atoms with Gasteiger partial charge in [-0.15, -0.1) is 12.4 Å². The van der Waals surface area contributed by atoms with Crippen molar-refractivity contribution in [2.24, 2.45) is 0 Å². The zero-order valence-corrected chi connectivity index (χ0v) is 11.7. The number of carbonyl (C=O) groups is 1. The van der Waals surface area contributed by atoms with Crippen LogP contribution in [0.4, 0.5) is 5.69 Å². The molecule has 3 N–H and O–H groups in total. The van der Waals surface area contributed by atoms with Crippen LogP contribution >= 0.6 is 12.4 Å². The van der Waals surface area contributed by atoms with Crippen molar-refractivity contribution in [2.45, 2.75) is 18.9 Å². The van der Waals surface area contributed by atoms with Crippen LogP contribution in [-0.2, 0) is 0 Å². The Balaban J connectivity index is 0.00000147. The van der Waals surface area contributed by atoms with Gasteiger partial charge in [0.25, 0.3) is 5.91 Å². The van der Waals surface area contributed by atoms with Crippen LogP contribution in [0.2, 0.25) is 0 Å². The maximum absolute atomic E-state index is 12.0. The molecule has 1 saturated heterocycles. The van der Waals surface area contributed by atoms with Crippen LogP contribution in [0.25, 0.3) is 0 Å². The lowest BCUT2D eigenvalue weighted by Gasteiger charge is -2.22. The largest absolute Gasteiger partial charge is 0.318 e. The summed E-state index contributed by atoms with van der Waals surface area (Å²) in [5, 5.41) is 16.8. The minimum absolute atomic E-state index is 0. The van der Waals surface area contributed by atoms with Crippen molar-refractivity contribution in [3.63, 3.8) is 0 Å². The predicted molar refractivity (Wildman–Crippen MR) is 77.2 cm³/mol. The van der Waals surface area contributed by atoms with E-state index in [0.29, 0.717) is 17.4 Å². The standard InChI is InChI=1S/C12H16N6O.ClH/c19-12(16-9-6-14-15-7-9)11-3-5-18(17-11)10-2-1-4-13-8-10;/h3,5-7,10,13H,1-2,4,8H2,(H,14,15)(H,16,19);1H. The number of anilines is 1. The molecule has 2 aromatic rings. The summed E-state index contributed by atoms with van der Waals surface area (Å²) < 4.78 is 1.87. The fourth-order valence-corrected chi connectivity index (χ4v) is 2.24. The van der Waals surface area contributed by atoms with E-state index in [0.717, 1.165) is 25.9 Å². The van der Waals surface area contributed by atoms with Gasteiger partial charge in [0.1, 0.15) is 0 Å². The first kappa shape index (κ1) is 14.5. The highest BCUT2D eigenvalue weighted by Crippen LogP contribution is 2.16. The van der Waals surface area contributed by atoms with Crippen molar-refractivity contribution in [3.05, 3.63) is 30.4 Å². The van der Waals surface area contributed by atoms with E-state index >= 15 is 0 Å². The van der Waals surface area contributed by atoms with E-state index in [1.54, 1.807) is 18.5 Å². The molecular formula is C12H17ClN6O. The molecule has 1 aliphatic heterocycles. The van der Waals surface area contributed by atoms with Gasteiger partial charge in [-0.25, -0.2) is 0 Å². The van der Waals surface area contributed by atoms with Gasteiger partial charge in [-0.3, -0.25) is 14.6 Å². The number of piperidine rings is 1. The van der Waals surface area contributed by atoms with E-state index < -0.39 is 0 Å². The second kappa shape index (κ2) is 6.53. The molecule has 0 aromatic carbocycles. The van der Waals surface area contributed by atoms with Crippen LogP contribution in [0.3, 0.4) is 0 Å². The molecule has 0 bridgehead atoms. The Kier molecular flexibility index (Phi) is 4.75. The molecule has 20 heavy (non-hydrogen) atoms. The minimum atomic E-state index is -0.219. The summed E-state index contributed by atoms with van der Waals surface area (Å²) in [5.41, 5.74) is 1.06. The second-order valence-electron chi connectivity index (χ2n) is 4.62. The van der Waals surface area contributed by atoms with Crippen LogP contribution in [0.15, 0.2) is 24.7 Å². The highest BCUT2D eigenvalue weighted by atomic mass is 35.5. The van der Waals surface area contributed by atoms with Crippen LogP contribution in [0.1, 0.15) is 29.4 Å². The maximum atomic E-state index is 12.0. The zero-order valence-electron chi connectivity index (χ0n) is 10.9. The zero-order chi connectivity index (χ0) is 13.1. The Hall–Kier alpha value is -1.86. The van der Waals surface area contributed by atoms with Gasteiger partial charge in [-0.1, -0.05) is 0 Å². The molecule has 1 aliphatic rings. The van der Waals surface area contributed by atoms with Gasteiger partial charge in [0, 0.05) is 18.9 Å². The highest BCUT2D eigenvalue weighted by Gasteiger charge is 2.17. The quantitative estimate of drug-likeness (QED) is 0.794. The van der Waals surface area contributed by atoms with Gasteiger partial charge in [-0.2, -0.15) is 10.2 Å². The number of nitrogens with one attached hydrogen (secondary N) is 3. The Morgan fingerprint density at radius 2 is 2.40 bits per heavy atom. The molecule has 8 heteroatoms. The molecule has 1 amide bonds. The second-order valence-corrected chi connectivity index (χ2v) is 4.62. The van der Waals surface area contributed by atoms with E-state index in [1.807, 2.05) is 10.9 Å². The van der Waals surface area contributed by atoms with E-state index in [1.165, 1.54) is 0 Å². The SMILES string of the molecule is Cl.O=C(Nc1cn[nH]c1)c1ccn(C2CCCNC2)n1. The smallest absolute Gasteiger partial charge is 0.276 e. The van der Waals surface area contributed by atoms with Crippen molar-refractivity contribution in [1.82, 2.24) is 25.3 Å². The molecule has 1 fully saturated rings. The van der Waals surface area contributed by atoms with Gasteiger partial charge in [0.2, 0.25) is 0 Å². The number of aromatic nitrogens is 4. The van der Waals surface area contributed by atoms with Crippen molar-refractivity contribution in [2.75, 3.05) is 18.4 Å². The summed E-state index contributed by atoms with van der Waals surface area (Å²) in [4.78, 5) is 12.0. The molecule has 3 heterocycles. The normalized spacial score (nSPS) is 18.3. The third kappa shape index (κ3) is 3.17. The fourth-order valence-electron chi connectivity index (χ4n) is 2.24. The Bertz CT molecular complexity index is 546. The monoisotopic (exact) mass is 296 g/mol. The van der Waals surface area contributed by atoms with Gasteiger partial charge >= 0.3 is 0 Å². The number of nitrogens with zero attached hydrogens (tertiary/aromatic N) is 3. The average molecular weight is 297 g/mol. The molecule has 7 nitrogen and oxygen atoms in total. The topological polar surface area (TPSA) is 87.6 Å². The number of halogens is 1. The highest BCUT2D eigenvalue weighted by molar-refractivity contribution is 6.02. The summed E-state index contributed by atoms with van der Waals surface area (Å²) in [6.07, 6.45) is 7.28. The lowest BCUT2D eigenvalue weighted by atomic mass is 10.1. The summed E-state index contributed by atoms with van der Waals surface area (Å²) in [6, 6.07) is 2.08. The lowest BCUT2D eigenvalue weighted by molar-refractivity contribution is 0.102. The molecule has 0 spiro atoms. The van der Waals surface area contributed by atoms with Gasteiger partial charge in [0.05, 0.1) is 17.9 Å². The van der Waals surface area contributed by atoms with Crippen LogP contribution in [0, 0.1) is 0 Å². The molecule has 3 rings (SSSR count). The van der Waals surface area contributed by atoms with Crippen LogP contribution in [0.5, 0.6) is 0 Å². The number of amides is 1. The minimum Gasteiger partial charge on any atom is -0.318 e. The number of aromatic amines is 1. The number of hydrogen-bond acceptors (Lipinski definition) is 4. The molecular weight excluding hydrogens is 280 g/mol. The molecule has 0 saturated carbocycles. The predicted octanol–water partition coefficient (Wildman–Crippen LogP) is 1.20. The molecule has 1 atom stereocenters. The average Bonchev–Trinajstić information content (AvgIpc) is 3.10. The van der Waals surface area contributed by atoms with Gasteiger partial charge < -0.3 is 10.6 Å².